The Labute approximate surface area is 116 Å². The highest BCUT2D eigenvalue weighted by molar-refractivity contribution is 5.75. The SMILES string of the molecule is CN=CC1CCN(C(=O)N2CCC(NC)CC2)CC1. The highest BCUT2D eigenvalue weighted by atomic mass is 16.2. The highest BCUT2D eigenvalue weighted by Crippen LogP contribution is 2.18. The Morgan fingerprint density at radius 1 is 1.11 bits per heavy atom. The van der Waals surface area contributed by atoms with Crippen LogP contribution in [0.2, 0.25) is 0 Å². The van der Waals surface area contributed by atoms with Crippen molar-refractivity contribution in [3.05, 3.63) is 0 Å². The van der Waals surface area contributed by atoms with Crippen LogP contribution in [-0.2, 0) is 0 Å². The lowest BCUT2D eigenvalue weighted by molar-refractivity contribution is 0.126. The van der Waals surface area contributed by atoms with E-state index in [0.717, 1.165) is 51.9 Å². The number of amides is 2. The van der Waals surface area contributed by atoms with Gasteiger partial charge in [0.2, 0.25) is 0 Å². The molecule has 2 heterocycles. The summed E-state index contributed by atoms with van der Waals surface area (Å²) < 4.78 is 0. The number of piperidine rings is 2. The molecule has 2 aliphatic rings. The standard InChI is InChI=1S/C14H26N4O/c1-15-11-12-3-7-17(8-4-12)14(19)18-9-5-13(16-2)6-10-18/h11-13,16H,3-10H2,1-2H3. The summed E-state index contributed by atoms with van der Waals surface area (Å²) in [5.74, 6) is 0.559. The van der Waals surface area contributed by atoms with Crippen LogP contribution in [-0.4, -0.2) is 68.4 Å². The molecule has 0 aromatic rings. The Hall–Kier alpha value is -1.10. The molecule has 19 heavy (non-hydrogen) atoms. The molecule has 2 amide bonds. The Balaban J connectivity index is 1.78. The van der Waals surface area contributed by atoms with Crippen LogP contribution >= 0.6 is 0 Å². The topological polar surface area (TPSA) is 47.9 Å². The molecule has 5 nitrogen and oxygen atoms in total. The lowest BCUT2D eigenvalue weighted by atomic mass is 9.98. The second-order valence-electron chi connectivity index (χ2n) is 5.56. The van der Waals surface area contributed by atoms with Crippen LogP contribution in [0, 0.1) is 5.92 Å². The maximum absolute atomic E-state index is 12.4. The molecule has 2 fully saturated rings. The number of carbonyl (C=O) groups excluding carboxylic acids is 1. The van der Waals surface area contributed by atoms with Gasteiger partial charge in [-0.1, -0.05) is 0 Å². The zero-order chi connectivity index (χ0) is 13.7. The van der Waals surface area contributed by atoms with E-state index in [4.69, 9.17) is 0 Å². The van der Waals surface area contributed by atoms with Gasteiger partial charge in [0.15, 0.2) is 0 Å². The van der Waals surface area contributed by atoms with E-state index in [1.807, 2.05) is 30.1 Å². The van der Waals surface area contributed by atoms with Crippen molar-refractivity contribution in [3.63, 3.8) is 0 Å². The van der Waals surface area contributed by atoms with Crippen molar-refractivity contribution < 1.29 is 4.79 Å². The van der Waals surface area contributed by atoms with Crippen molar-refractivity contribution in [2.75, 3.05) is 40.3 Å². The van der Waals surface area contributed by atoms with Gasteiger partial charge in [-0.2, -0.15) is 0 Å². The van der Waals surface area contributed by atoms with Gasteiger partial charge in [-0.05, 0) is 38.6 Å². The van der Waals surface area contributed by atoms with E-state index >= 15 is 0 Å². The van der Waals surface area contributed by atoms with E-state index in [0.29, 0.717) is 12.0 Å². The first-order valence-corrected chi connectivity index (χ1v) is 7.38. The fourth-order valence-electron chi connectivity index (χ4n) is 3.01. The summed E-state index contributed by atoms with van der Waals surface area (Å²) in [5, 5.41) is 3.30. The van der Waals surface area contributed by atoms with Gasteiger partial charge in [-0.25, -0.2) is 4.79 Å². The van der Waals surface area contributed by atoms with Crippen molar-refractivity contribution in [2.24, 2.45) is 10.9 Å². The van der Waals surface area contributed by atoms with Gasteiger partial charge < -0.3 is 20.1 Å². The van der Waals surface area contributed by atoms with E-state index in [9.17, 15) is 4.79 Å². The average molecular weight is 266 g/mol. The van der Waals surface area contributed by atoms with E-state index in [-0.39, 0.29) is 6.03 Å². The summed E-state index contributed by atoms with van der Waals surface area (Å²) in [4.78, 5) is 20.5. The van der Waals surface area contributed by atoms with Crippen molar-refractivity contribution in [1.82, 2.24) is 15.1 Å². The summed E-state index contributed by atoms with van der Waals surface area (Å²) >= 11 is 0. The first-order chi connectivity index (χ1) is 9.24. The van der Waals surface area contributed by atoms with E-state index < -0.39 is 0 Å². The van der Waals surface area contributed by atoms with Crippen molar-refractivity contribution >= 4 is 12.2 Å². The molecule has 5 heteroatoms. The summed E-state index contributed by atoms with van der Waals surface area (Å²) in [7, 11) is 3.83. The van der Waals surface area contributed by atoms with E-state index in [2.05, 4.69) is 10.3 Å². The summed E-state index contributed by atoms with van der Waals surface area (Å²) in [6.07, 6.45) is 6.27. The third-order valence-corrected chi connectivity index (χ3v) is 4.34. The molecule has 0 spiro atoms. The minimum atomic E-state index is 0.237. The van der Waals surface area contributed by atoms with Crippen LogP contribution in [0.1, 0.15) is 25.7 Å². The van der Waals surface area contributed by atoms with Crippen LogP contribution in [0.4, 0.5) is 4.79 Å². The summed E-state index contributed by atoms with van der Waals surface area (Å²) in [6, 6.07) is 0.817. The van der Waals surface area contributed by atoms with E-state index in [1.165, 1.54) is 0 Å². The molecule has 0 aromatic carbocycles. The second-order valence-corrected chi connectivity index (χ2v) is 5.56. The third kappa shape index (κ3) is 3.69. The zero-order valence-corrected chi connectivity index (χ0v) is 12.1. The number of nitrogens with zero attached hydrogens (tertiary/aromatic N) is 3. The van der Waals surface area contributed by atoms with Crippen molar-refractivity contribution in [1.29, 1.82) is 0 Å². The first kappa shape index (κ1) is 14.3. The molecule has 0 aliphatic carbocycles. The van der Waals surface area contributed by atoms with Crippen LogP contribution in [0.25, 0.3) is 0 Å². The molecular formula is C14H26N4O. The molecule has 0 atom stereocenters. The lowest BCUT2D eigenvalue weighted by Gasteiger charge is -2.38. The number of nitrogens with one attached hydrogen (secondary N) is 1. The number of urea groups is 1. The predicted octanol–water partition coefficient (Wildman–Crippen LogP) is 1.20. The number of rotatable bonds is 2. The zero-order valence-electron chi connectivity index (χ0n) is 12.1. The van der Waals surface area contributed by atoms with Crippen LogP contribution in [0.3, 0.4) is 0 Å². The first-order valence-electron chi connectivity index (χ1n) is 7.38. The molecule has 0 radical (unpaired) electrons. The monoisotopic (exact) mass is 266 g/mol. The quantitative estimate of drug-likeness (QED) is 0.764. The summed E-state index contributed by atoms with van der Waals surface area (Å²) in [5.41, 5.74) is 0. The number of hydrogen-bond acceptors (Lipinski definition) is 3. The van der Waals surface area contributed by atoms with Gasteiger partial charge in [0.05, 0.1) is 0 Å². The molecule has 2 saturated heterocycles. The normalized spacial score (nSPS) is 23.3. The number of likely N-dealkylation sites (tertiary alicyclic amines) is 2. The maximum Gasteiger partial charge on any atom is 0.319 e. The number of aliphatic imine (C=N–C) groups is 1. The Kier molecular flexibility index (Phi) is 5.19. The maximum atomic E-state index is 12.4. The van der Waals surface area contributed by atoms with Crippen LogP contribution in [0.5, 0.6) is 0 Å². The smallest absolute Gasteiger partial charge is 0.319 e. The van der Waals surface area contributed by atoms with Crippen LogP contribution in [0.15, 0.2) is 4.99 Å². The number of hydrogen-bond donors (Lipinski definition) is 1. The molecule has 2 rings (SSSR count). The molecule has 2 aliphatic heterocycles. The largest absolute Gasteiger partial charge is 0.325 e. The van der Waals surface area contributed by atoms with E-state index in [1.54, 1.807) is 0 Å². The minimum Gasteiger partial charge on any atom is -0.325 e. The fraction of sp³-hybridized carbons (Fsp3) is 0.857. The fourth-order valence-corrected chi connectivity index (χ4v) is 3.01. The Morgan fingerprint density at radius 2 is 1.63 bits per heavy atom. The third-order valence-electron chi connectivity index (χ3n) is 4.34. The lowest BCUT2D eigenvalue weighted by Crippen LogP contribution is -2.51. The Morgan fingerprint density at radius 3 is 2.11 bits per heavy atom. The average Bonchev–Trinajstić information content (AvgIpc) is 2.48. The van der Waals surface area contributed by atoms with Gasteiger partial charge in [0, 0.05) is 45.5 Å². The van der Waals surface area contributed by atoms with Crippen LogP contribution < -0.4 is 5.32 Å². The van der Waals surface area contributed by atoms with Crippen molar-refractivity contribution in [3.8, 4) is 0 Å². The van der Waals surface area contributed by atoms with Gasteiger partial charge in [-0.15, -0.1) is 0 Å². The highest BCUT2D eigenvalue weighted by Gasteiger charge is 2.28. The molecule has 1 N–H and O–H groups in total. The molecule has 0 saturated carbocycles. The second kappa shape index (κ2) is 6.89. The van der Waals surface area contributed by atoms with Crippen molar-refractivity contribution in [2.45, 2.75) is 31.7 Å². The minimum absolute atomic E-state index is 0.237. The molecular weight excluding hydrogens is 240 g/mol. The molecule has 108 valence electrons. The van der Waals surface area contributed by atoms with Gasteiger partial charge >= 0.3 is 6.03 Å². The Bertz CT molecular complexity index is 315. The van der Waals surface area contributed by atoms with Gasteiger partial charge in [0.1, 0.15) is 0 Å². The van der Waals surface area contributed by atoms with Gasteiger partial charge in [-0.3, -0.25) is 0 Å². The molecule has 0 bridgehead atoms. The molecule has 0 aromatic heterocycles. The predicted molar refractivity (Wildman–Crippen MR) is 77.8 cm³/mol. The molecule has 0 unspecified atom stereocenters. The summed E-state index contributed by atoms with van der Waals surface area (Å²) in [6.45, 7) is 3.53. The van der Waals surface area contributed by atoms with Gasteiger partial charge in [0.25, 0.3) is 0 Å². The number of carbonyl (C=O) groups is 1.